The number of aryl methyl sites for hydroxylation is 1. The molecule has 0 unspecified atom stereocenters. The largest absolute Gasteiger partial charge is 0.460 e. The van der Waals surface area contributed by atoms with E-state index < -0.39 is 0 Å². The second kappa shape index (κ2) is 3.66. The van der Waals surface area contributed by atoms with Gasteiger partial charge in [0.2, 0.25) is 0 Å². The van der Waals surface area contributed by atoms with Crippen LogP contribution < -0.4 is 0 Å². The van der Waals surface area contributed by atoms with Crippen LogP contribution in [0, 0.1) is 0 Å². The normalized spacial score (nSPS) is 10.6. The Bertz CT molecular complexity index is 454. The number of aldehydes is 1. The van der Waals surface area contributed by atoms with E-state index in [1.165, 1.54) is 0 Å². The standard InChI is InChI=1S/C12H12O2/c1-2-9-10-5-3-4-6-11(10)14-12(9)7-8-13/h3-6,8H,2,7H2,1H3. The van der Waals surface area contributed by atoms with Gasteiger partial charge in [-0.15, -0.1) is 0 Å². The minimum absolute atomic E-state index is 0.373. The Labute approximate surface area is 82.5 Å². The van der Waals surface area contributed by atoms with E-state index in [-0.39, 0.29) is 0 Å². The average Bonchev–Trinajstić information content (AvgIpc) is 2.55. The molecule has 0 fully saturated rings. The number of para-hydroxylation sites is 1. The predicted molar refractivity (Wildman–Crippen MR) is 55.4 cm³/mol. The van der Waals surface area contributed by atoms with Gasteiger partial charge in [-0.1, -0.05) is 25.1 Å². The second-order valence-corrected chi connectivity index (χ2v) is 3.22. The molecule has 0 amide bonds. The van der Waals surface area contributed by atoms with Crippen molar-refractivity contribution in [1.29, 1.82) is 0 Å². The third kappa shape index (κ3) is 1.33. The summed E-state index contributed by atoms with van der Waals surface area (Å²) in [6, 6.07) is 7.90. The zero-order chi connectivity index (χ0) is 9.97. The van der Waals surface area contributed by atoms with Crippen LogP contribution >= 0.6 is 0 Å². The van der Waals surface area contributed by atoms with E-state index in [9.17, 15) is 4.79 Å². The zero-order valence-electron chi connectivity index (χ0n) is 8.12. The monoisotopic (exact) mass is 188 g/mol. The Kier molecular flexibility index (Phi) is 2.35. The van der Waals surface area contributed by atoms with Crippen LogP contribution in [-0.2, 0) is 17.6 Å². The summed E-state index contributed by atoms with van der Waals surface area (Å²) in [5.41, 5.74) is 2.04. The Hall–Kier alpha value is -1.57. The van der Waals surface area contributed by atoms with Gasteiger partial charge in [-0.25, -0.2) is 0 Å². The maximum atomic E-state index is 10.5. The highest BCUT2D eigenvalue weighted by molar-refractivity contribution is 5.83. The van der Waals surface area contributed by atoms with Crippen molar-refractivity contribution >= 4 is 17.3 Å². The fourth-order valence-corrected chi connectivity index (χ4v) is 1.78. The molecule has 72 valence electrons. The van der Waals surface area contributed by atoms with Crippen molar-refractivity contribution in [2.45, 2.75) is 19.8 Å². The highest BCUT2D eigenvalue weighted by Crippen LogP contribution is 2.26. The van der Waals surface area contributed by atoms with Crippen molar-refractivity contribution in [3.8, 4) is 0 Å². The first kappa shape index (κ1) is 9.00. The molecule has 0 saturated carbocycles. The summed E-state index contributed by atoms with van der Waals surface area (Å²) in [6.45, 7) is 2.07. The summed E-state index contributed by atoms with van der Waals surface area (Å²) in [7, 11) is 0. The fourth-order valence-electron chi connectivity index (χ4n) is 1.78. The van der Waals surface area contributed by atoms with Gasteiger partial charge in [0.25, 0.3) is 0 Å². The molecule has 2 rings (SSSR count). The number of furan rings is 1. The molecule has 0 N–H and O–H groups in total. The molecular weight excluding hydrogens is 176 g/mol. The molecular formula is C12H12O2. The topological polar surface area (TPSA) is 30.2 Å². The third-order valence-electron chi connectivity index (χ3n) is 2.40. The average molecular weight is 188 g/mol. The van der Waals surface area contributed by atoms with E-state index in [2.05, 4.69) is 6.92 Å². The molecule has 0 aliphatic rings. The molecule has 2 nitrogen and oxygen atoms in total. The van der Waals surface area contributed by atoms with Gasteiger partial charge < -0.3 is 9.21 Å². The van der Waals surface area contributed by atoms with Crippen LogP contribution in [0.4, 0.5) is 0 Å². The lowest BCUT2D eigenvalue weighted by atomic mass is 10.1. The van der Waals surface area contributed by atoms with Gasteiger partial charge in [0.05, 0.1) is 6.42 Å². The van der Waals surface area contributed by atoms with Crippen molar-refractivity contribution < 1.29 is 9.21 Å². The minimum atomic E-state index is 0.373. The Morgan fingerprint density at radius 1 is 1.36 bits per heavy atom. The summed E-state index contributed by atoms with van der Waals surface area (Å²) in [5.74, 6) is 0.809. The van der Waals surface area contributed by atoms with Gasteiger partial charge in [0, 0.05) is 10.9 Å². The van der Waals surface area contributed by atoms with E-state index in [0.29, 0.717) is 6.42 Å². The van der Waals surface area contributed by atoms with E-state index in [4.69, 9.17) is 4.42 Å². The highest BCUT2D eigenvalue weighted by atomic mass is 16.3. The molecule has 2 aromatic rings. The van der Waals surface area contributed by atoms with Crippen molar-refractivity contribution in [1.82, 2.24) is 0 Å². The van der Waals surface area contributed by atoms with Crippen LogP contribution in [0.25, 0.3) is 11.0 Å². The number of carbonyl (C=O) groups is 1. The number of benzene rings is 1. The number of carbonyl (C=O) groups excluding carboxylic acids is 1. The lowest BCUT2D eigenvalue weighted by molar-refractivity contribution is -0.107. The summed E-state index contributed by atoms with van der Waals surface area (Å²) in [5, 5.41) is 1.13. The van der Waals surface area contributed by atoms with Gasteiger partial charge in [-0.3, -0.25) is 0 Å². The lowest BCUT2D eigenvalue weighted by Crippen LogP contribution is -1.88. The molecule has 0 radical (unpaired) electrons. The molecule has 2 heteroatoms. The molecule has 0 aliphatic carbocycles. The Morgan fingerprint density at radius 2 is 2.14 bits per heavy atom. The van der Waals surface area contributed by atoms with Gasteiger partial charge >= 0.3 is 0 Å². The predicted octanol–water partition coefficient (Wildman–Crippen LogP) is 2.74. The van der Waals surface area contributed by atoms with Gasteiger partial charge in [0.15, 0.2) is 0 Å². The number of hydrogen-bond acceptors (Lipinski definition) is 2. The number of fused-ring (bicyclic) bond motifs is 1. The van der Waals surface area contributed by atoms with Crippen molar-refractivity contribution in [3.05, 3.63) is 35.6 Å². The molecule has 0 spiro atoms. The molecule has 0 aliphatic heterocycles. The SMILES string of the molecule is CCc1c(CC=O)oc2ccccc12. The van der Waals surface area contributed by atoms with E-state index in [0.717, 1.165) is 35.0 Å². The highest BCUT2D eigenvalue weighted by Gasteiger charge is 2.10. The first-order valence-corrected chi connectivity index (χ1v) is 4.79. The molecule has 1 aromatic carbocycles. The van der Waals surface area contributed by atoms with E-state index in [1.807, 2.05) is 24.3 Å². The molecule has 0 saturated heterocycles. The van der Waals surface area contributed by atoms with E-state index in [1.54, 1.807) is 0 Å². The maximum Gasteiger partial charge on any atom is 0.134 e. The van der Waals surface area contributed by atoms with Crippen LogP contribution in [0.1, 0.15) is 18.2 Å². The second-order valence-electron chi connectivity index (χ2n) is 3.22. The summed E-state index contributed by atoms with van der Waals surface area (Å²) in [6.07, 6.45) is 2.16. The maximum absolute atomic E-state index is 10.5. The van der Waals surface area contributed by atoms with Crippen LogP contribution in [0.5, 0.6) is 0 Å². The Morgan fingerprint density at radius 3 is 2.86 bits per heavy atom. The number of rotatable bonds is 3. The fraction of sp³-hybridized carbons (Fsp3) is 0.250. The van der Waals surface area contributed by atoms with Gasteiger partial charge in [0.1, 0.15) is 17.6 Å². The van der Waals surface area contributed by atoms with E-state index >= 15 is 0 Å². The summed E-state index contributed by atoms with van der Waals surface area (Å²) >= 11 is 0. The molecule has 0 atom stereocenters. The molecule has 1 aromatic heterocycles. The minimum Gasteiger partial charge on any atom is -0.460 e. The summed E-state index contributed by atoms with van der Waals surface area (Å²) < 4.78 is 5.60. The van der Waals surface area contributed by atoms with Crippen LogP contribution in [-0.4, -0.2) is 6.29 Å². The van der Waals surface area contributed by atoms with Crippen LogP contribution in [0.2, 0.25) is 0 Å². The number of hydrogen-bond donors (Lipinski definition) is 0. The molecule has 1 heterocycles. The van der Waals surface area contributed by atoms with Crippen LogP contribution in [0.3, 0.4) is 0 Å². The molecule has 14 heavy (non-hydrogen) atoms. The molecule has 0 bridgehead atoms. The van der Waals surface area contributed by atoms with Crippen molar-refractivity contribution in [2.75, 3.05) is 0 Å². The van der Waals surface area contributed by atoms with Crippen molar-refractivity contribution in [3.63, 3.8) is 0 Å². The van der Waals surface area contributed by atoms with Gasteiger partial charge in [-0.2, -0.15) is 0 Å². The first-order valence-electron chi connectivity index (χ1n) is 4.79. The lowest BCUT2D eigenvalue weighted by Gasteiger charge is -1.93. The Balaban J connectivity index is 2.65. The smallest absolute Gasteiger partial charge is 0.134 e. The van der Waals surface area contributed by atoms with Gasteiger partial charge in [-0.05, 0) is 12.5 Å². The zero-order valence-corrected chi connectivity index (χ0v) is 8.12. The summed E-state index contributed by atoms with van der Waals surface area (Å²) in [4.78, 5) is 10.5. The van der Waals surface area contributed by atoms with Crippen molar-refractivity contribution in [2.24, 2.45) is 0 Å². The van der Waals surface area contributed by atoms with Crippen LogP contribution in [0.15, 0.2) is 28.7 Å². The quantitative estimate of drug-likeness (QED) is 0.693. The third-order valence-corrected chi connectivity index (χ3v) is 2.40. The first-order chi connectivity index (χ1) is 6.86.